The zero-order valence-electron chi connectivity index (χ0n) is 20.1. The molecule has 3 aliphatic rings. The van der Waals surface area contributed by atoms with E-state index in [1.54, 1.807) is 13.2 Å². The first kappa shape index (κ1) is 23.5. The Morgan fingerprint density at radius 3 is 2.57 bits per heavy atom. The number of halogens is 1. The second kappa shape index (κ2) is 9.41. The zero-order valence-corrected chi connectivity index (χ0v) is 20.1. The molecule has 1 N–H and O–H groups in total. The predicted molar refractivity (Wildman–Crippen MR) is 127 cm³/mol. The van der Waals surface area contributed by atoms with Gasteiger partial charge in [0.1, 0.15) is 17.6 Å². The highest BCUT2D eigenvalue weighted by atomic mass is 19.1. The number of rotatable bonds is 5. The third-order valence-corrected chi connectivity index (χ3v) is 7.56. The molecule has 0 saturated carbocycles. The Labute approximate surface area is 204 Å². The van der Waals surface area contributed by atoms with E-state index in [1.807, 2.05) is 6.92 Å². The van der Waals surface area contributed by atoms with Crippen LogP contribution >= 0.6 is 0 Å². The van der Waals surface area contributed by atoms with E-state index in [9.17, 15) is 18.8 Å². The Hall–Kier alpha value is -3.26. The lowest BCUT2D eigenvalue weighted by Gasteiger charge is -2.33. The maximum absolute atomic E-state index is 14.6. The molecule has 35 heavy (non-hydrogen) atoms. The molecule has 5 rings (SSSR count). The van der Waals surface area contributed by atoms with Crippen LogP contribution in [-0.2, 0) is 22.7 Å². The van der Waals surface area contributed by atoms with Crippen LogP contribution < -0.4 is 10.1 Å². The molecule has 0 bridgehead atoms. The molecular formula is C27H30FN3O4. The first-order chi connectivity index (χ1) is 16.8. The summed E-state index contributed by atoms with van der Waals surface area (Å²) in [5, 5.41) is 2.32. The van der Waals surface area contributed by atoms with Gasteiger partial charge in [-0.05, 0) is 85.6 Å². The minimum atomic E-state index is -0.697. The number of amides is 3. The molecule has 3 amide bonds. The number of methoxy groups -OCH3 is 1. The number of fused-ring (bicyclic) bond motifs is 1. The van der Waals surface area contributed by atoms with Crippen LogP contribution in [0.4, 0.5) is 4.39 Å². The van der Waals surface area contributed by atoms with Gasteiger partial charge in [-0.3, -0.25) is 24.6 Å². The number of carbonyl (C=O) groups is 3. The van der Waals surface area contributed by atoms with E-state index in [0.717, 1.165) is 54.9 Å². The van der Waals surface area contributed by atoms with Crippen LogP contribution in [0.5, 0.6) is 5.75 Å². The highest BCUT2D eigenvalue weighted by Crippen LogP contribution is 2.38. The molecule has 3 heterocycles. The van der Waals surface area contributed by atoms with Crippen LogP contribution in [0.2, 0.25) is 0 Å². The number of hydrogen-bond donors (Lipinski definition) is 1. The van der Waals surface area contributed by atoms with Gasteiger partial charge in [0.2, 0.25) is 11.8 Å². The summed E-state index contributed by atoms with van der Waals surface area (Å²) in [5.74, 6) is -0.494. The van der Waals surface area contributed by atoms with Gasteiger partial charge < -0.3 is 9.64 Å². The van der Waals surface area contributed by atoms with Crippen LogP contribution in [0.3, 0.4) is 0 Å². The summed E-state index contributed by atoms with van der Waals surface area (Å²) in [6.07, 6.45) is 2.23. The molecule has 184 valence electrons. The molecular weight excluding hydrogens is 449 g/mol. The molecule has 1 atom stereocenters. The van der Waals surface area contributed by atoms with Gasteiger partial charge in [0.15, 0.2) is 0 Å². The van der Waals surface area contributed by atoms with Gasteiger partial charge in [-0.25, -0.2) is 4.39 Å². The summed E-state index contributed by atoms with van der Waals surface area (Å²) in [6, 6.07) is 8.42. The van der Waals surface area contributed by atoms with E-state index in [4.69, 9.17) is 4.74 Å². The van der Waals surface area contributed by atoms with E-state index in [1.165, 1.54) is 16.5 Å². The molecule has 3 aliphatic heterocycles. The number of carbonyl (C=O) groups excluding carboxylic acids is 3. The van der Waals surface area contributed by atoms with Gasteiger partial charge >= 0.3 is 0 Å². The second-order valence-corrected chi connectivity index (χ2v) is 9.78. The smallest absolute Gasteiger partial charge is 0.255 e. The lowest BCUT2D eigenvalue weighted by Crippen LogP contribution is -2.52. The van der Waals surface area contributed by atoms with Crippen LogP contribution in [-0.4, -0.2) is 53.8 Å². The Morgan fingerprint density at radius 1 is 1.09 bits per heavy atom. The predicted octanol–water partition coefficient (Wildman–Crippen LogP) is 3.28. The number of hydrogen-bond acceptors (Lipinski definition) is 5. The molecule has 1 unspecified atom stereocenters. The van der Waals surface area contributed by atoms with E-state index in [0.29, 0.717) is 12.0 Å². The van der Waals surface area contributed by atoms with Crippen LogP contribution in [0.15, 0.2) is 30.3 Å². The molecule has 0 spiro atoms. The largest absolute Gasteiger partial charge is 0.496 e. The monoisotopic (exact) mass is 479 g/mol. The fraction of sp³-hybridized carbons (Fsp3) is 0.444. The van der Waals surface area contributed by atoms with Crippen molar-refractivity contribution in [1.82, 2.24) is 15.1 Å². The first-order valence-electron chi connectivity index (χ1n) is 12.2. The fourth-order valence-corrected chi connectivity index (χ4v) is 5.64. The van der Waals surface area contributed by atoms with Crippen molar-refractivity contribution in [3.63, 3.8) is 0 Å². The number of piperidine rings is 2. The highest BCUT2D eigenvalue weighted by Gasteiger charge is 2.41. The standard InChI is InChI=1S/C27H30FN3O4/c1-16-3-4-17(11-24(16)35-2)14-30-9-7-18(8-10-30)20-12-19(28)13-21-22(20)15-31(27(21)34)23-5-6-25(32)29-26(23)33/h3-4,11-13,18,23H,5-10,14-15H2,1-2H3,(H,29,32,33). The van der Waals surface area contributed by atoms with Gasteiger partial charge in [0.25, 0.3) is 5.91 Å². The van der Waals surface area contributed by atoms with Crippen LogP contribution in [0, 0.1) is 12.7 Å². The average Bonchev–Trinajstić information content (AvgIpc) is 3.16. The zero-order chi connectivity index (χ0) is 24.7. The van der Waals surface area contributed by atoms with E-state index in [2.05, 4.69) is 28.4 Å². The summed E-state index contributed by atoms with van der Waals surface area (Å²) in [6.45, 7) is 4.87. The van der Waals surface area contributed by atoms with Gasteiger partial charge in [-0.15, -0.1) is 0 Å². The summed E-state index contributed by atoms with van der Waals surface area (Å²) >= 11 is 0. The average molecular weight is 480 g/mol. The van der Waals surface area contributed by atoms with Crippen molar-refractivity contribution in [2.24, 2.45) is 0 Å². The minimum Gasteiger partial charge on any atom is -0.496 e. The van der Waals surface area contributed by atoms with Crippen LogP contribution in [0.1, 0.15) is 64.2 Å². The lowest BCUT2D eigenvalue weighted by atomic mass is 9.85. The first-order valence-corrected chi connectivity index (χ1v) is 12.2. The molecule has 0 aromatic heterocycles. The number of ether oxygens (including phenoxy) is 1. The number of benzene rings is 2. The van der Waals surface area contributed by atoms with Gasteiger partial charge in [-0.1, -0.05) is 12.1 Å². The SMILES string of the molecule is COc1cc(CN2CCC(c3cc(F)cc4c3CN(C3CCC(=O)NC3=O)C4=O)CC2)ccc1C. The molecule has 2 saturated heterocycles. The Morgan fingerprint density at radius 2 is 1.86 bits per heavy atom. The summed E-state index contributed by atoms with van der Waals surface area (Å²) in [5.41, 5.74) is 4.35. The number of nitrogens with zero attached hydrogens (tertiary/aromatic N) is 2. The van der Waals surface area contributed by atoms with E-state index < -0.39 is 17.8 Å². The van der Waals surface area contributed by atoms with Crippen molar-refractivity contribution in [2.75, 3.05) is 20.2 Å². The van der Waals surface area contributed by atoms with Crippen molar-refractivity contribution in [3.05, 3.63) is 64.0 Å². The summed E-state index contributed by atoms with van der Waals surface area (Å²) < 4.78 is 20.0. The summed E-state index contributed by atoms with van der Waals surface area (Å²) in [7, 11) is 1.68. The minimum absolute atomic E-state index is 0.151. The van der Waals surface area contributed by atoms with Crippen molar-refractivity contribution < 1.29 is 23.5 Å². The quantitative estimate of drug-likeness (QED) is 0.666. The highest BCUT2D eigenvalue weighted by molar-refractivity contribution is 6.05. The van der Waals surface area contributed by atoms with Crippen molar-refractivity contribution in [3.8, 4) is 5.75 Å². The summed E-state index contributed by atoms with van der Waals surface area (Å²) in [4.78, 5) is 40.9. The van der Waals surface area contributed by atoms with Crippen molar-refractivity contribution >= 4 is 17.7 Å². The lowest BCUT2D eigenvalue weighted by molar-refractivity contribution is -0.136. The number of imide groups is 1. The number of nitrogens with one attached hydrogen (secondary N) is 1. The van der Waals surface area contributed by atoms with E-state index >= 15 is 0 Å². The van der Waals surface area contributed by atoms with Gasteiger partial charge in [0, 0.05) is 25.1 Å². The van der Waals surface area contributed by atoms with Gasteiger partial charge in [0.05, 0.1) is 7.11 Å². The Balaban J connectivity index is 1.30. The number of aryl methyl sites for hydroxylation is 1. The Kier molecular flexibility index (Phi) is 6.32. The second-order valence-electron chi connectivity index (χ2n) is 9.78. The van der Waals surface area contributed by atoms with Crippen LogP contribution in [0.25, 0.3) is 0 Å². The molecule has 0 radical (unpaired) electrons. The normalized spacial score (nSPS) is 21.3. The van der Waals surface area contributed by atoms with Crippen molar-refractivity contribution in [2.45, 2.75) is 57.7 Å². The molecule has 2 aromatic carbocycles. The van der Waals surface area contributed by atoms with E-state index in [-0.39, 0.29) is 30.7 Å². The third kappa shape index (κ3) is 4.55. The molecule has 7 nitrogen and oxygen atoms in total. The molecule has 2 fully saturated rings. The maximum Gasteiger partial charge on any atom is 0.255 e. The molecule has 0 aliphatic carbocycles. The molecule has 2 aromatic rings. The van der Waals surface area contributed by atoms with Gasteiger partial charge in [-0.2, -0.15) is 0 Å². The number of likely N-dealkylation sites (tertiary alicyclic amines) is 1. The topological polar surface area (TPSA) is 79.0 Å². The van der Waals surface area contributed by atoms with Crippen molar-refractivity contribution in [1.29, 1.82) is 0 Å². The Bertz CT molecular complexity index is 1190. The maximum atomic E-state index is 14.6. The third-order valence-electron chi connectivity index (χ3n) is 7.56. The molecule has 8 heteroatoms. The fourth-order valence-electron chi connectivity index (χ4n) is 5.64.